The first-order valence-corrected chi connectivity index (χ1v) is 6.31. The number of ether oxygens (including phenoxy) is 2. The molecular weight excluding hydrogens is 248 g/mol. The molecule has 1 aromatic carbocycles. The van der Waals surface area contributed by atoms with Gasteiger partial charge in [-0.25, -0.2) is 0 Å². The summed E-state index contributed by atoms with van der Waals surface area (Å²) in [4.78, 5) is 22.5. The van der Waals surface area contributed by atoms with Gasteiger partial charge in [-0.3, -0.25) is 9.59 Å². The minimum Gasteiger partial charge on any atom is -0.489 e. The maximum atomic E-state index is 11.4. The van der Waals surface area contributed by atoms with Crippen LogP contribution in [0.4, 0.5) is 0 Å². The molecule has 100 valence electrons. The Hall–Kier alpha value is -2.04. The van der Waals surface area contributed by atoms with Crippen LogP contribution in [0.2, 0.25) is 0 Å². The normalized spacial score (nSPS) is 19.4. The molecule has 0 bridgehead atoms. The molecule has 5 heteroatoms. The molecule has 1 N–H and O–H groups in total. The summed E-state index contributed by atoms with van der Waals surface area (Å²) >= 11 is 0. The smallest absolute Gasteiger partial charge is 0.314 e. The maximum absolute atomic E-state index is 11.4. The highest BCUT2D eigenvalue weighted by Crippen LogP contribution is 2.54. The van der Waals surface area contributed by atoms with Gasteiger partial charge in [0, 0.05) is 12.0 Å². The van der Waals surface area contributed by atoms with Crippen molar-refractivity contribution in [1.29, 1.82) is 0 Å². The first-order valence-electron chi connectivity index (χ1n) is 6.31. The molecule has 0 atom stereocenters. The van der Waals surface area contributed by atoms with Crippen LogP contribution >= 0.6 is 0 Å². The van der Waals surface area contributed by atoms with Crippen molar-refractivity contribution in [2.75, 3.05) is 13.2 Å². The topological polar surface area (TPSA) is 72.8 Å². The molecule has 2 aliphatic rings. The lowest BCUT2D eigenvalue weighted by atomic mass is 9.93. The molecule has 0 unspecified atom stereocenters. The lowest BCUT2D eigenvalue weighted by molar-refractivity contribution is -0.140. The summed E-state index contributed by atoms with van der Waals surface area (Å²) in [7, 11) is 0. The van der Waals surface area contributed by atoms with Crippen molar-refractivity contribution in [2.45, 2.75) is 24.7 Å². The number of aliphatic carboxylic acids is 1. The number of benzene rings is 1. The summed E-state index contributed by atoms with van der Waals surface area (Å²) in [5.74, 6) is -0.0269. The van der Waals surface area contributed by atoms with Crippen LogP contribution in [0.1, 0.15) is 35.2 Å². The van der Waals surface area contributed by atoms with Gasteiger partial charge in [0.05, 0.1) is 24.2 Å². The maximum Gasteiger partial charge on any atom is 0.314 e. The van der Waals surface area contributed by atoms with Crippen molar-refractivity contribution in [3.05, 3.63) is 23.3 Å². The molecule has 19 heavy (non-hydrogen) atoms. The van der Waals surface area contributed by atoms with Crippen molar-refractivity contribution in [3.8, 4) is 11.5 Å². The van der Waals surface area contributed by atoms with E-state index in [0.717, 1.165) is 0 Å². The molecule has 1 saturated carbocycles. The molecule has 0 amide bonds. The number of fused-ring (bicyclic) bond motifs is 1. The Kier molecular flexibility index (Phi) is 2.69. The minimum atomic E-state index is -0.862. The fraction of sp³-hybridized carbons (Fsp3) is 0.429. The first kappa shape index (κ1) is 12.0. The number of carbonyl (C=O) groups is 2. The SMILES string of the molecule is O=Cc1ccc(C2(C(=O)O)CC2)c2c1OCCCO2. The van der Waals surface area contributed by atoms with Gasteiger partial charge in [-0.05, 0) is 18.9 Å². The highest BCUT2D eigenvalue weighted by molar-refractivity contribution is 5.89. The molecule has 5 nitrogen and oxygen atoms in total. The van der Waals surface area contributed by atoms with Crippen LogP contribution in [0.25, 0.3) is 0 Å². The number of aldehydes is 1. The molecule has 0 aromatic heterocycles. The largest absolute Gasteiger partial charge is 0.489 e. The van der Waals surface area contributed by atoms with E-state index in [2.05, 4.69) is 0 Å². The summed E-state index contributed by atoms with van der Waals surface area (Å²) in [6, 6.07) is 3.29. The predicted molar refractivity (Wildman–Crippen MR) is 66.0 cm³/mol. The fourth-order valence-electron chi connectivity index (χ4n) is 2.47. The standard InChI is InChI=1S/C14H14O5/c15-8-9-2-3-10(14(4-5-14)13(16)17)12-11(9)18-6-1-7-19-12/h2-3,8H,1,4-7H2,(H,16,17). The Labute approximate surface area is 110 Å². The van der Waals surface area contributed by atoms with Crippen molar-refractivity contribution in [3.63, 3.8) is 0 Å². The van der Waals surface area contributed by atoms with Gasteiger partial charge < -0.3 is 14.6 Å². The van der Waals surface area contributed by atoms with Crippen LogP contribution in [-0.4, -0.2) is 30.6 Å². The summed E-state index contributed by atoms with van der Waals surface area (Å²) in [5.41, 5.74) is 0.170. The van der Waals surface area contributed by atoms with Gasteiger partial charge in [0.25, 0.3) is 0 Å². The fourth-order valence-corrected chi connectivity index (χ4v) is 2.47. The number of hydrogen-bond donors (Lipinski definition) is 1. The van der Waals surface area contributed by atoms with Gasteiger partial charge in [-0.15, -0.1) is 0 Å². The van der Waals surface area contributed by atoms with Gasteiger partial charge >= 0.3 is 5.97 Å². The van der Waals surface area contributed by atoms with Gasteiger partial charge in [0.2, 0.25) is 0 Å². The summed E-state index contributed by atoms with van der Waals surface area (Å²) < 4.78 is 11.2. The van der Waals surface area contributed by atoms with Gasteiger partial charge in [0.15, 0.2) is 17.8 Å². The van der Waals surface area contributed by atoms with Crippen LogP contribution < -0.4 is 9.47 Å². The quantitative estimate of drug-likeness (QED) is 0.840. The van der Waals surface area contributed by atoms with Crippen LogP contribution in [0.3, 0.4) is 0 Å². The molecule has 1 heterocycles. The van der Waals surface area contributed by atoms with Crippen molar-refractivity contribution in [1.82, 2.24) is 0 Å². The van der Waals surface area contributed by atoms with Crippen molar-refractivity contribution in [2.24, 2.45) is 0 Å². The van der Waals surface area contributed by atoms with E-state index in [0.29, 0.717) is 61.4 Å². The summed E-state index contributed by atoms with van der Waals surface area (Å²) in [6.45, 7) is 0.940. The van der Waals surface area contributed by atoms with E-state index in [1.165, 1.54) is 0 Å². The lowest BCUT2D eigenvalue weighted by Gasteiger charge is -2.18. The molecular formula is C14H14O5. The Balaban J connectivity index is 2.16. The van der Waals surface area contributed by atoms with Gasteiger partial charge in [-0.1, -0.05) is 6.07 Å². The zero-order chi connectivity index (χ0) is 13.5. The Morgan fingerprint density at radius 2 is 1.89 bits per heavy atom. The molecule has 0 saturated heterocycles. The average Bonchev–Trinajstić information content (AvgIpc) is 3.21. The van der Waals surface area contributed by atoms with Crippen LogP contribution in [0.15, 0.2) is 12.1 Å². The van der Waals surface area contributed by atoms with Crippen LogP contribution in [0.5, 0.6) is 11.5 Å². The summed E-state index contributed by atoms with van der Waals surface area (Å²) in [5, 5.41) is 9.39. The number of carbonyl (C=O) groups excluding carboxylic acids is 1. The number of carboxylic acids is 1. The molecule has 3 rings (SSSR count). The van der Waals surface area contributed by atoms with Crippen LogP contribution in [0, 0.1) is 0 Å². The predicted octanol–water partition coefficient (Wildman–Crippen LogP) is 1.78. The first-order chi connectivity index (χ1) is 9.19. The van der Waals surface area contributed by atoms with E-state index in [-0.39, 0.29) is 0 Å². The third kappa shape index (κ3) is 1.77. The summed E-state index contributed by atoms with van der Waals surface area (Å²) in [6.07, 6.45) is 2.61. The number of carboxylic acid groups (broad SMARTS) is 1. The zero-order valence-electron chi connectivity index (χ0n) is 10.3. The number of hydrogen-bond acceptors (Lipinski definition) is 4. The van der Waals surface area contributed by atoms with E-state index in [9.17, 15) is 14.7 Å². The van der Waals surface area contributed by atoms with Crippen molar-refractivity contribution >= 4 is 12.3 Å². The van der Waals surface area contributed by atoms with E-state index in [4.69, 9.17) is 9.47 Å². The molecule has 1 aromatic rings. The monoisotopic (exact) mass is 262 g/mol. The zero-order valence-corrected chi connectivity index (χ0v) is 10.3. The molecule has 1 aliphatic heterocycles. The highest BCUT2D eigenvalue weighted by Gasteiger charge is 2.54. The molecule has 0 spiro atoms. The van der Waals surface area contributed by atoms with E-state index in [1.54, 1.807) is 12.1 Å². The lowest BCUT2D eigenvalue weighted by Crippen LogP contribution is -2.21. The van der Waals surface area contributed by atoms with Gasteiger partial charge in [0.1, 0.15) is 0 Å². The Morgan fingerprint density at radius 3 is 2.47 bits per heavy atom. The molecule has 1 fully saturated rings. The molecule has 1 aliphatic carbocycles. The Bertz CT molecular complexity index is 545. The van der Waals surface area contributed by atoms with Crippen LogP contribution in [-0.2, 0) is 10.2 Å². The second kappa shape index (κ2) is 4.26. The van der Waals surface area contributed by atoms with E-state index in [1.807, 2.05) is 0 Å². The third-order valence-electron chi connectivity index (χ3n) is 3.73. The average molecular weight is 262 g/mol. The Morgan fingerprint density at radius 1 is 1.21 bits per heavy atom. The highest BCUT2D eigenvalue weighted by atomic mass is 16.5. The van der Waals surface area contributed by atoms with E-state index < -0.39 is 11.4 Å². The minimum absolute atomic E-state index is 0.387. The molecule has 0 radical (unpaired) electrons. The third-order valence-corrected chi connectivity index (χ3v) is 3.73. The number of rotatable bonds is 3. The second-order valence-electron chi connectivity index (χ2n) is 4.92. The van der Waals surface area contributed by atoms with Crippen molar-refractivity contribution < 1.29 is 24.2 Å². The second-order valence-corrected chi connectivity index (χ2v) is 4.92. The van der Waals surface area contributed by atoms with E-state index >= 15 is 0 Å². The van der Waals surface area contributed by atoms with Gasteiger partial charge in [-0.2, -0.15) is 0 Å².